The third-order valence-electron chi connectivity index (χ3n) is 4.09. The highest BCUT2D eigenvalue weighted by atomic mass is 32.2. The van der Waals surface area contributed by atoms with Crippen LogP contribution in [0.4, 0.5) is 5.69 Å². The Bertz CT molecular complexity index is 681. The Hall–Kier alpha value is -2.00. The van der Waals surface area contributed by atoms with Gasteiger partial charge in [0.2, 0.25) is 0 Å². The van der Waals surface area contributed by atoms with Crippen LogP contribution in [0, 0.1) is 5.92 Å². The second kappa shape index (κ2) is 6.41. The average Bonchev–Trinajstić information content (AvgIpc) is 2.58. The molecule has 0 N–H and O–H groups in total. The molecule has 1 aliphatic rings. The van der Waals surface area contributed by atoms with Crippen molar-refractivity contribution in [3.8, 4) is 0 Å². The molecular formula is C19H19NOS. The van der Waals surface area contributed by atoms with Crippen LogP contribution >= 0.6 is 11.8 Å². The van der Waals surface area contributed by atoms with Crippen molar-refractivity contribution in [1.82, 2.24) is 0 Å². The van der Waals surface area contributed by atoms with E-state index in [-0.39, 0.29) is 17.7 Å². The highest BCUT2D eigenvalue weighted by molar-refractivity contribution is 8.02. The molecule has 0 aliphatic carbocycles. The van der Waals surface area contributed by atoms with Gasteiger partial charge < -0.3 is 4.90 Å². The summed E-state index contributed by atoms with van der Waals surface area (Å²) < 4.78 is 0. The third kappa shape index (κ3) is 2.69. The van der Waals surface area contributed by atoms with Gasteiger partial charge in [-0.3, -0.25) is 4.79 Å². The molecule has 0 unspecified atom stereocenters. The fraction of sp³-hybridized carbons (Fsp3) is 0.211. The molecule has 0 spiro atoms. The summed E-state index contributed by atoms with van der Waals surface area (Å²) in [5.41, 5.74) is 2.29. The number of hydrogen-bond acceptors (Lipinski definition) is 3. The van der Waals surface area contributed by atoms with Crippen LogP contribution in [0.1, 0.15) is 18.5 Å². The van der Waals surface area contributed by atoms with Gasteiger partial charge in [0.25, 0.3) is 0 Å². The van der Waals surface area contributed by atoms with Crippen LogP contribution in [0.5, 0.6) is 0 Å². The van der Waals surface area contributed by atoms with E-state index < -0.39 is 0 Å². The second-order valence-corrected chi connectivity index (χ2v) is 6.27. The molecular weight excluding hydrogens is 290 g/mol. The van der Waals surface area contributed by atoms with Gasteiger partial charge in [-0.1, -0.05) is 55.5 Å². The van der Waals surface area contributed by atoms with Gasteiger partial charge in [-0.2, -0.15) is 0 Å². The van der Waals surface area contributed by atoms with Crippen molar-refractivity contribution in [1.29, 1.82) is 0 Å². The molecule has 1 heterocycles. The Labute approximate surface area is 135 Å². The summed E-state index contributed by atoms with van der Waals surface area (Å²) in [6, 6.07) is 20.6. The highest BCUT2D eigenvalue weighted by Crippen LogP contribution is 2.42. The van der Waals surface area contributed by atoms with Gasteiger partial charge >= 0.3 is 0 Å². The number of hydrogen-bond donors (Lipinski definition) is 0. The number of allylic oxidation sites excluding steroid dienone is 1. The second-order valence-electron chi connectivity index (χ2n) is 5.44. The van der Waals surface area contributed by atoms with Gasteiger partial charge in [0.1, 0.15) is 0 Å². The summed E-state index contributed by atoms with van der Waals surface area (Å²) >= 11 is 1.62. The molecule has 1 aliphatic heterocycles. The van der Waals surface area contributed by atoms with Gasteiger partial charge in [0, 0.05) is 17.7 Å². The van der Waals surface area contributed by atoms with Crippen molar-refractivity contribution in [2.75, 3.05) is 11.2 Å². The first kappa shape index (κ1) is 14.9. The number of benzene rings is 2. The molecule has 2 atom stereocenters. The van der Waals surface area contributed by atoms with Crippen LogP contribution in [0.3, 0.4) is 0 Å². The number of nitrogens with zero attached hydrogens (tertiary/aromatic N) is 1. The lowest BCUT2D eigenvalue weighted by atomic mass is 9.87. The van der Waals surface area contributed by atoms with E-state index in [0.29, 0.717) is 0 Å². The largest absolute Gasteiger partial charge is 0.328 e. The SMILES string of the molecule is CSC1=CC(=O)[C@@H](C)[C@@H](c2ccccc2)N1c1ccccc1. The molecule has 2 nitrogen and oxygen atoms in total. The summed E-state index contributed by atoms with van der Waals surface area (Å²) in [5.74, 6) is 0.129. The van der Waals surface area contributed by atoms with Crippen LogP contribution in [0.25, 0.3) is 0 Å². The van der Waals surface area contributed by atoms with Crippen LogP contribution in [-0.4, -0.2) is 12.0 Å². The minimum absolute atomic E-state index is 0.0311. The van der Waals surface area contributed by atoms with Crippen LogP contribution in [0.2, 0.25) is 0 Å². The first-order valence-corrected chi connectivity index (χ1v) is 8.63. The third-order valence-corrected chi connectivity index (χ3v) is 4.82. The molecule has 0 fully saturated rings. The fourth-order valence-corrected chi connectivity index (χ4v) is 3.61. The van der Waals surface area contributed by atoms with Crippen molar-refractivity contribution < 1.29 is 4.79 Å². The zero-order valence-electron chi connectivity index (χ0n) is 12.8. The lowest BCUT2D eigenvalue weighted by Gasteiger charge is -2.40. The van der Waals surface area contributed by atoms with Crippen molar-refractivity contribution >= 4 is 23.2 Å². The van der Waals surface area contributed by atoms with Crippen LogP contribution < -0.4 is 4.90 Å². The van der Waals surface area contributed by atoms with Crippen LogP contribution in [-0.2, 0) is 4.79 Å². The molecule has 2 aromatic rings. The minimum Gasteiger partial charge on any atom is -0.328 e. The number of carbonyl (C=O) groups is 1. The van der Waals surface area contributed by atoms with Gasteiger partial charge in [-0.05, 0) is 24.0 Å². The topological polar surface area (TPSA) is 20.3 Å². The Kier molecular flexibility index (Phi) is 4.34. The Morgan fingerprint density at radius 2 is 1.55 bits per heavy atom. The number of thioether (sulfide) groups is 1. The number of carbonyl (C=O) groups excluding carboxylic acids is 1. The van der Waals surface area contributed by atoms with Gasteiger partial charge in [0.05, 0.1) is 11.1 Å². The molecule has 0 amide bonds. The molecule has 3 rings (SSSR count). The zero-order valence-corrected chi connectivity index (χ0v) is 13.6. The van der Waals surface area contributed by atoms with E-state index in [4.69, 9.17) is 0 Å². The standard InChI is InChI=1S/C19H19NOS/c1-14-17(21)13-18(22-2)20(16-11-7-4-8-12-16)19(14)15-9-5-3-6-10-15/h3-14,19H,1-2H3/t14-,19+/m1/s1. The van der Waals surface area contributed by atoms with Gasteiger partial charge in [0.15, 0.2) is 5.78 Å². The molecule has 3 heteroatoms. The number of ketones is 1. The van der Waals surface area contributed by atoms with E-state index in [1.54, 1.807) is 17.8 Å². The van der Waals surface area contributed by atoms with E-state index in [2.05, 4.69) is 29.2 Å². The van der Waals surface area contributed by atoms with E-state index in [9.17, 15) is 4.79 Å². The molecule has 2 aromatic carbocycles. The van der Waals surface area contributed by atoms with E-state index in [0.717, 1.165) is 10.7 Å². The smallest absolute Gasteiger partial charge is 0.163 e. The highest BCUT2D eigenvalue weighted by Gasteiger charge is 2.36. The zero-order chi connectivity index (χ0) is 15.5. The van der Waals surface area contributed by atoms with Crippen molar-refractivity contribution in [2.45, 2.75) is 13.0 Å². The number of rotatable bonds is 3. The quantitative estimate of drug-likeness (QED) is 0.822. The van der Waals surface area contributed by atoms with Crippen LogP contribution in [0.15, 0.2) is 71.8 Å². The van der Waals surface area contributed by atoms with Crippen molar-refractivity contribution in [3.05, 3.63) is 77.3 Å². The number of anilines is 1. The summed E-state index contributed by atoms with van der Waals surface area (Å²) in [6.07, 6.45) is 3.80. The van der Waals surface area contributed by atoms with E-state index in [1.165, 1.54) is 5.56 Å². The molecule has 0 saturated carbocycles. The normalized spacial score (nSPS) is 21.6. The molecule has 22 heavy (non-hydrogen) atoms. The van der Waals surface area contributed by atoms with Crippen molar-refractivity contribution in [2.24, 2.45) is 5.92 Å². The maximum atomic E-state index is 12.4. The lowest BCUT2D eigenvalue weighted by molar-refractivity contribution is -0.118. The fourth-order valence-electron chi connectivity index (χ4n) is 2.96. The predicted molar refractivity (Wildman–Crippen MR) is 93.9 cm³/mol. The Morgan fingerprint density at radius 3 is 2.14 bits per heavy atom. The predicted octanol–water partition coefficient (Wildman–Crippen LogP) is 4.66. The first-order valence-electron chi connectivity index (χ1n) is 7.41. The number of para-hydroxylation sites is 1. The maximum absolute atomic E-state index is 12.4. The molecule has 0 aromatic heterocycles. The maximum Gasteiger partial charge on any atom is 0.163 e. The van der Waals surface area contributed by atoms with Gasteiger partial charge in [-0.25, -0.2) is 0 Å². The molecule has 0 saturated heterocycles. The monoisotopic (exact) mass is 309 g/mol. The van der Waals surface area contributed by atoms with Crippen molar-refractivity contribution in [3.63, 3.8) is 0 Å². The van der Waals surface area contributed by atoms with E-state index in [1.807, 2.05) is 49.6 Å². The molecule has 112 valence electrons. The first-order chi connectivity index (χ1) is 10.7. The summed E-state index contributed by atoms with van der Waals surface area (Å²) in [5, 5.41) is 1.00. The summed E-state index contributed by atoms with van der Waals surface area (Å²) in [4.78, 5) is 14.7. The van der Waals surface area contributed by atoms with E-state index >= 15 is 0 Å². The molecule has 0 radical (unpaired) electrons. The lowest BCUT2D eigenvalue weighted by Crippen LogP contribution is -2.38. The average molecular weight is 309 g/mol. The minimum atomic E-state index is -0.0708. The van der Waals surface area contributed by atoms with Gasteiger partial charge in [-0.15, -0.1) is 11.8 Å². The summed E-state index contributed by atoms with van der Waals surface area (Å²) in [7, 11) is 0. The molecule has 0 bridgehead atoms. The summed E-state index contributed by atoms with van der Waals surface area (Å²) in [6.45, 7) is 2.02. The Morgan fingerprint density at radius 1 is 0.955 bits per heavy atom. The Balaban J connectivity index is 2.14.